The maximum Gasteiger partial charge on any atom is 0.263 e. The molecule has 0 saturated heterocycles. The molecule has 0 fully saturated rings. The van der Waals surface area contributed by atoms with E-state index < -0.39 is 27.3 Å². The van der Waals surface area contributed by atoms with E-state index in [-0.39, 0.29) is 16.5 Å². The summed E-state index contributed by atoms with van der Waals surface area (Å²) in [7, 11) is -4.17. The molecular formula is C13H10ClF2NO3S. The first kappa shape index (κ1) is 15.7. The quantitative estimate of drug-likeness (QED) is 0.904. The molecule has 0 aromatic heterocycles. The molecule has 0 unspecified atom stereocenters. The second-order valence-corrected chi connectivity index (χ2v) is 6.21. The van der Waals surface area contributed by atoms with Gasteiger partial charge in [0, 0.05) is 6.07 Å². The summed E-state index contributed by atoms with van der Waals surface area (Å²) < 4.78 is 52.7. The molecule has 8 heteroatoms. The Bertz CT molecular complexity index is 781. The van der Waals surface area contributed by atoms with E-state index in [1.807, 2.05) is 4.72 Å². The van der Waals surface area contributed by atoms with Gasteiger partial charge in [-0.2, -0.15) is 0 Å². The number of nitrogens with one attached hydrogen (secondary N) is 1. The predicted octanol–water partition coefficient (Wildman–Crippen LogP) is 2.91. The number of benzene rings is 2. The molecule has 112 valence electrons. The summed E-state index contributed by atoms with van der Waals surface area (Å²) in [5.41, 5.74) is -0.0683. The second-order valence-electron chi connectivity index (χ2n) is 4.15. The average molecular weight is 334 g/mol. The first-order valence-corrected chi connectivity index (χ1v) is 7.57. The highest BCUT2D eigenvalue weighted by Gasteiger charge is 2.20. The smallest absolute Gasteiger partial charge is 0.263 e. The van der Waals surface area contributed by atoms with Crippen molar-refractivity contribution in [1.82, 2.24) is 0 Å². The van der Waals surface area contributed by atoms with Crippen molar-refractivity contribution in [2.45, 2.75) is 11.5 Å². The fourth-order valence-corrected chi connectivity index (χ4v) is 3.24. The van der Waals surface area contributed by atoms with E-state index in [1.54, 1.807) is 0 Å². The van der Waals surface area contributed by atoms with Gasteiger partial charge in [-0.15, -0.1) is 0 Å². The molecule has 2 N–H and O–H groups in total. The summed E-state index contributed by atoms with van der Waals surface area (Å²) >= 11 is 5.81. The first-order chi connectivity index (χ1) is 9.83. The fourth-order valence-electron chi connectivity index (χ4n) is 1.62. The van der Waals surface area contributed by atoms with E-state index in [4.69, 9.17) is 16.7 Å². The number of aliphatic hydroxyl groups is 1. The third-order valence-electron chi connectivity index (χ3n) is 2.64. The van der Waals surface area contributed by atoms with Crippen LogP contribution in [0.25, 0.3) is 0 Å². The zero-order valence-electron chi connectivity index (χ0n) is 10.5. The van der Waals surface area contributed by atoms with Crippen molar-refractivity contribution in [3.05, 3.63) is 58.6 Å². The van der Waals surface area contributed by atoms with Crippen molar-refractivity contribution in [2.75, 3.05) is 4.72 Å². The molecule has 0 radical (unpaired) electrons. The third-order valence-corrected chi connectivity index (χ3v) is 4.49. The van der Waals surface area contributed by atoms with Crippen LogP contribution in [0, 0.1) is 11.6 Å². The van der Waals surface area contributed by atoms with Gasteiger partial charge < -0.3 is 5.11 Å². The molecule has 21 heavy (non-hydrogen) atoms. The number of rotatable bonds is 4. The molecule has 0 spiro atoms. The highest BCUT2D eigenvalue weighted by molar-refractivity contribution is 7.92. The molecule has 2 aromatic rings. The van der Waals surface area contributed by atoms with E-state index in [9.17, 15) is 17.2 Å². The normalized spacial score (nSPS) is 11.4. The molecule has 0 aliphatic heterocycles. The maximum atomic E-state index is 13.5. The average Bonchev–Trinajstić information content (AvgIpc) is 2.42. The van der Waals surface area contributed by atoms with Crippen LogP contribution in [0.1, 0.15) is 5.56 Å². The summed E-state index contributed by atoms with van der Waals surface area (Å²) in [5, 5.41) is 8.94. The van der Waals surface area contributed by atoms with Crippen LogP contribution in [0.5, 0.6) is 0 Å². The van der Waals surface area contributed by atoms with Crippen molar-refractivity contribution in [1.29, 1.82) is 0 Å². The van der Waals surface area contributed by atoms with Gasteiger partial charge in [-0.1, -0.05) is 17.7 Å². The Hall–Kier alpha value is -1.70. The van der Waals surface area contributed by atoms with Crippen molar-refractivity contribution in [3.8, 4) is 0 Å². The number of hydrogen-bond acceptors (Lipinski definition) is 3. The van der Waals surface area contributed by atoms with Crippen LogP contribution in [-0.2, 0) is 16.6 Å². The summed E-state index contributed by atoms with van der Waals surface area (Å²) in [4.78, 5) is -0.306. The Morgan fingerprint density at radius 1 is 1.14 bits per heavy atom. The Morgan fingerprint density at radius 3 is 2.48 bits per heavy atom. The topological polar surface area (TPSA) is 66.4 Å². The van der Waals surface area contributed by atoms with E-state index in [1.165, 1.54) is 18.2 Å². The highest BCUT2D eigenvalue weighted by Crippen LogP contribution is 2.26. The lowest BCUT2D eigenvalue weighted by molar-refractivity contribution is 0.281. The van der Waals surface area contributed by atoms with Crippen LogP contribution in [0.15, 0.2) is 41.3 Å². The molecular weight excluding hydrogens is 324 g/mol. The molecule has 0 bridgehead atoms. The van der Waals surface area contributed by atoms with Crippen LogP contribution in [-0.4, -0.2) is 13.5 Å². The van der Waals surface area contributed by atoms with Crippen LogP contribution >= 0.6 is 11.6 Å². The second kappa shape index (κ2) is 5.97. The van der Waals surface area contributed by atoms with Crippen molar-refractivity contribution < 1.29 is 22.3 Å². The lowest BCUT2D eigenvalue weighted by atomic mass is 10.2. The third kappa shape index (κ3) is 3.49. The van der Waals surface area contributed by atoms with Crippen molar-refractivity contribution >= 4 is 27.3 Å². The maximum absolute atomic E-state index is 13.5. The molecule has 0 saturated carbocycles. The molecule has 2 aromatic carbocycles. The Labute approximate surface area is 125 Å². The molecule has 0 heterocycles. The lowest BCUT2D eigenvalue weighted by Gasteiger charge is -2.11. The molecule has 0 atom stereocenters. The van der Waals surface area contributed by atoms with Crippen LogP contribution in [0.3, 0.4) is 0 Å². The monoisotopic (exact) mass is 333 g/mol. The van der Waals surface area contributed by atoms with E-state index in [0.29, 0.717) is 11.6 Å². The zero-order chi connectivity index (χ0) is 15.6. The van der Waals surface area contributed by atoms with E-state index >= 15 is 0 Å². The van der Waals surface area contributed by atoms with Gasteiger partial charge >= 0.3 is 0 Å². The van der Waals surface area contributed by atoms with Gasteiger partial charge in [0.15, 0.2) is 0 Å². The van der Waals surface area contributed by atoms with Gasteiger partial charge in [0.05, 0.1) is 17.3 Å². The summed E-state index contributed by atoms with van der Waals surface area (Å²) in [6, 6.07) is 6.39. The Morgan fingerprint density at radius 2 is 1.86 bits per heavy atom. The highest BCUT2D eigenvalue weighted by atomic mass is 35.5. The van der Waals surface area contributed by atoms with E-state index in [2.05, 4.69) is 0 Å². The molecule has 0 aliphatic rings. The number of sulfonamides is 1. The van der Waals surface area contributed by atoms with Gasteiger partial charge in [-0.25, -0.2) is 17.2 Å². The van der Waals surface area contributed by atoms with Gasteiger partial charge in [-0.3, -0.25) is 4.72 Å². The molecule has 4 nitrogen and oxygen atoms in total. The summed E-state index contributed by atoms with van der Waals surface area (Å²) in [6.07, 6.45) is 0. The minimum Gasteiger partial charge on any atom is -0.392 e. The first-order valence-electron chi connectivity index (χ1n) is 5.70. The van der Waals surface area contributed by atoms with Crippen LogP contribution in [0.4, 0.5) is 14.5 Å². The van der Waals surface area contributed by atoms with Gasteiger partial charge in [0.1, 0.15) is 16.5 Å². The van der Waals surface area contributed by atoms with Crippen molar-refractivity contribution in [3.63, 3.8) is 0 Å². The summed E-state index contributed by atoms with van der Waals surface area (Å²) in [5.74, 6) is -1.87. The van der Waals surface area contributed by atoms with Crippen molar-refractivity contribution in [2.24, 2.45) is 0 Å². The molecule has 0 amide bonds. The number of aliphatic hydroxyl groups excluding tert-OH is 1. The van der Waals surface area contributed by atoms with E-state index in [0.717, 1.165) is 12.1 Å². The zero-order valence-corrected chi connectivity index (χ0v) is 12.0. The minimum atomic E-state index is -4.17. The van der Waals surface area contributed by atoms with Crippen LogP contribution < -0.4 is 4.72 Å². The summed E-state index contributed by atoms with van der Waals surface area (Å²) in [6.45, 7) is -0.370. The number of hydrogen-bond donors (Lipinski definition) is 2. The van der Waals surface area contributed by atoms with Gasteiger partial charge in [0.25, 0.3) is 10.0 Å². The minimum absolute atomic E-state index is 0.0813. The van der Waals surface area contributed by atoms with Gasteiger partial charge in [0.2, 0.25) is 0 Å². The Kier molecular flexibility index (Phi) is 4.46. The predicted molar refractivity (Wildman–Crippen MR) is 74.5 cm³/mol. The Balaban J connectivity index is 2.43. The number of anilines is 1. The number of halogens is 3. The SMILES string of the molecule is O=S(=O)(Nc1ccc(F)cc1F)c1cc(CO)ccc1Cl. The fraction of sp³-hybridized carbons (Fsp3) is 0.0769. The van der Waals surface area contributed by atoms with Crippen LogP contribution in [0.2, 0.25) is 5.02 Å². The standard InChI is InChI=1S/C13H10ClF2NO3S/c14-10-3-1-8(7-18)5-13(10)21(19,20)17-12-4-2-9(15)6-11(12)16/h1-6,17-18H,7H2. The molecule has 2 rings (SSSR count). The lowest BCUT2D eigenvalue weighted by Crippen LogP contribution is -2.15. The van der Waals surface area contributed by atoms with Gasteiger partial charge in [-0.05, 0) is 29.8 Å². The molecule has 0 aliphatic carbocycles. The largest absolute Gasteiger partial charge is 0.392 e.